The Labute approximate surface area is 99.8 Å². The SMILES string of the molecule is Cc1cc(Cl)nc(CSC2CCCC2)n1. The highest BCUT2D eigenvalue weighted by Gasteiger charge is 2.15. The summed E-state index contributed by atoms with van der Waals surface area (Å²) in [7, 11) is 0. The average Bonchev–Trinajstić information content (AvgIpc) is 2.65. The van der Waals surface area contributed by atoms with Crippen LogP contribution in [0.2, 0.25) is 5.15 Å². The fourth-order valence-corrected chi connectivity index (χ4v) is 3.34. The molecule has 2 rings (SSSR count). The highest BCUT2D eigenvalue weighted by Crippen LogP contribution is 2.31. The van der Waals surface area contributed by atoms with Crippen molar-refractivity contribution in [2.75, 3.05) is 0 Å². The van der Waals surface area contributed by atoms with Crippen LogP contribution >= 0.6 is 23.4 Å². The van der Waals surface area contributed by atoms with Crippen molar-refractivity contribution >= 4 is 23.4 Å². The minimum Gasteiger partial charge on any atom is -0.237 e. The van der Waals surface area contributed by atoms with E-state index in [0.717, 1.165) is 22.5 Å². The van der Waals surface area contributed by atoms with Gasteiger partial charge in [0.2, 0.25) is 0 Å². The summed E-state index contributed by atoms with van der Waals surface area (Å²) >= 11 is 7.86. The summed E-state index contributed by atoms with van der Waals surface area (Å²) in [5.74, 6) is 1.77. The number of thioether (sulfide) groups is 1. The predicted octanol–water partition coefficient (Wildman–Crippen LogP) is 3.61. The van der Waals surface area contributed by atoms with Gasteiger partial charge in [0, 0.05) is 10.9 Å². The minimum absolute atomic E-state index is 0.560. The van der Waals surface area contributed by atoms with Crippen molar-refractivity contribution in [3.05, 3.63) is 22.7 Å². The lowest BCUT2D eigenvalue weighted by molar-refractivity contribution is 0.886. The molecule has 1 fully saturated rings. The van der Waals surface area contributed by atoms with E-state index in [1.54, 1.807) is 6.07 Å². The van der Waals surface area contributed by atoms with Crippen LogP contribution in [0.15, 0.2) is 6.07 Å². The molecule has 0 aliphatic heterocycles. The van der Waals surface area contributed by atoms with Crippen molar-refractivity contribution < 1.29 is 0 Å². The van der Waals surface area contributed by atoms with Gasteiger partial charge in [0.15, 0.2) is 0 Å². The maximum atomic E-state index is 5.89. The van der Waals surface area contributed by atoms with Crippen LogP contribution in [0.4, 0.5) is 0 Å². The number of rotatable bonds is 3. The van der Waals surface area contributed by atoms with Crippen LogP contribution in [0.1, 0.15) is 37.2 Å². The molecule has 1 aliphatic carbocycles. The molecule has 1 saturated carbocycles. The summed E-state index contributed by atoms with van der Waals surface area (Å²) in [4.78, 5) is 8.61. The Morgan fingerprint density at radius 1 is 1.40 bits per heavy atom. The van der Waals surface area contributed by atoms with Crippen LogP contribution in [0, 0.1) is 6.92 Å². The second kappa shape index (κ2) is 5.17. The highest BCUT2D eigenvalue weighted by atomic mass is 35.5. The van der Waals surface area contributed by atoms with Crippen molar-refractivity contribution in [1.82, 2.24) is 9.97 Å². The molecule has 0 aromatic carbocycles. The summed E-state index contributed by atoms with van der Waals surface area (Å²) in [5, 5.41) is 1.37. The second-order valence-corrected chi connectivity index (χ2v) is 5.64. The van der Waals surface area contributed by atoms with E-state index in [0.29, 0.717) is 5.15 Å². The van der Waals surface area contributed by atoms with Gasteiger partial charge in [0.05, 0.1) is 5.75 Å². The van der Waals surface area contributed by atoms with E-state index in [1.165, 1.54) is 25.7 Å². The maximum Gasteiger partial charge on any atom is 0.140 e. The maximum absolute atomic E-state index is 5.89. The van der Waals surface area contributed by atoms with Gasteiger partial charge in [0.1, 0.15) is 11.0 Å². The number of halogens is 1. The van der Waals surface area contributed by atoms with Gasteiger partial charge in [-0.1, -0.05) is 24.4 Å². The van der Waals surface area contributed by atoms with Crippen molar-refractivity contribution in [3.63, 3.8) is 0 Å². The van der Waals surface area contributed by atoms with Gasteiger partial charge < -0.3 is 0 Å². The zero-order valence-electron chi connectivity index (χ0n) is 8.87. The van der Waals surface area contributed by atoms with Crippen molar-refractivity contribution in [1.29, 1.82) is 0 Å². The smallest absolute Gasteiger partial charge is 0.140 e. The minimum atomic E-state index is 0.560. The van der Waals surface area contributed by atoms with Gasteiger partial charge in [-0.15, -0.1) is 0 Å². The fourth-order valence-electron chi connectivity index (χ4n) is 1.90. The molecule has 1 aliphatic rings. The van der Waals surface area contributed by atoms with Crippen LogP contribution in [0.5, 0.6) is 0 Å². The molecule has 15 heavy (non-hydrogen) atoms. The third kappa shape index (κ3) is 3.35. The third-order valence-corrected chi connectivity index (χ3v) is 4.18. The number of hydrogen-bond donors (Lipinski definition) is 0. The molecule has 2 nitrogen and oxygen atoms in total. The molecule has 0 bridgehead atoms. The van der Waals surface area contributed by atoms with E-state index >= 15 is 0 Å². The monoisotopic (exact) mass is 242 g/mol. The molecule has 1 heterocycles. The Bertz CT molecular complexity index is 317. The molecule has 4 heteroatoms. The quantitative estimate of drug-likeness (QED) is 0.758. The standard InChI is InChI=1S/C11H15ClN2S/c1-8-6-10(12)14-11(13-8)7-15-9-4-2-3-5-9/h6,9H,2-5,7H2,1H3. The molecule has 0 spiro atoms. The summed E-state index contributed by atoms with van der Waals surface area (Å²) in [6, 6.07) is 1.80. The first-order valence-corrected chi connectivity index (χ1v) is 6.78. The summed E-state index contributed by atoms with van der Waals surface area (Å²) in [6.07, 6.45) is 5.47. The van der Waals surface area contributed by atoms with Crippen LogP contribution in [-0.2, 0) is 5.75 Å². The van der Waals surface area contributed by atoms with E-state index < -0.39 is 0 Å². The largest absolute Gasteiger partial charge is 0.237 e. The molecule has 1 aromatic rings. The van der Waals surface area contributed by atoms with Gasteiger partial charge in [-0.2, -0.15) is 11.8 Å². The molecule has 1 aromatic heterocycles. The van der Waals surface area contributed by atoms with Crippen molar-refractivity contribution in [2.24, 2.45) is 0 Å². The van der Waals surface area contributed by atoms with E-state index in [-0.39, 0.29) is 0 Å². The van der Waals surface area contributed by atoms with Crippen LogP contribution in [0.25, 0.3) is 0 Å². The number of aromatic nitrogens is 2. The number of nitrogens with zero attached hydrogens (tertiary/aromatic N) is 2. The first-order chi connectivity index (χ1) is 7.24. The third-order valence-electron chi connectivity index (χ3n) is 2.62. The van der Waals surface area contributed by atoms with Gasteiger partial charge in [-0.25, -0.2) is 9.97 Å². The van der Waals surface area contributed by atoms with E-state index in [2.05, 4.69) is 9.97 Å². The molecular weight excluding hydrogens is 228 g/mol. The summed E-state index contributed by atoms with van der Waals surface area (Å²) in [6.45, 7) is 1.96. The lowest BCUT2D eigenvalue weighted by Gasteiger charge is -2.07. The molecule has 0 radical (unpaired) electrons. The summed E-state index contributed by atoms with van der Waals surface area (Å²) in [5.41, 5.74) is 0.956. The molecule has 0 amide bonds. The Morgan fingerprint density at radius 2 is 2.13 bits per heavy atom. The van der Waals surface area contributed by atoms with Crippen LogP contribution in [-0.4, -0.2) is 15.2 Å². The van der Waals surface area contributed by atoms with Crippen LogP contribution in [0.3, 0.4) is 0 Å². The topological polar surface area (TPSA) is 25.8 Å². The first-order valence-electron chi connectivity index (χ1n) is 5.36. The highest BCUT2D eigenvalue weighted by molar-refractivity contribution is 7.99. The Kier molecular flexibility index (Phi) is 3.87. The van der Waals surface area contributed by atoms with E-state index in [1.807, 2.05) is 18.7 Å². The molecule has 82 valence electrons. The first kappa shape index (κ1) is 11.2. The predicted molar refractivity (Wildman–Crippen MR) is 65.3 cm³/mol. The van der Waals surface area contributed by atoms with Gasteiger partial charge in [0.25, 0.3) is 0 Å². The lowest BCUT2D eigenvalue weighted by Crippen LogP contribution is -1.99. The molecule has 0 saturated heterocycles. The van der Waals surface area contributed by atoms with Gasteiger partial charge in [-0.3, -0.25) is 0 Å². The summed E-state index contributed by atoms with van der Waals surface area (Å²) < 4.78 is 0. The van der Waals surface area contributed by atoms with Crippen LogP contribution < -0.4 is 0 Å². The fraction of sp³-hybridized carbons (Fsp3) is 0.636. The van der Waals surface area contributed by atoms with Crippen molar-refractivity contribution in [2.45, 2.75) is 43.6 Å². The zero-order chi connectivity index (χ0) is 10.7. The van der Waals surface area contributed by atoms with E-state index in [4.69, 9.17) is 11.6 Å². The Balaban J connectivity index is 1.92. The zero-order valence-corrected chi connectivity index (χ0v) is 10.4. The van der Waals surface area contributed by atoms with E-state index in [9.17, 15) is 0 Å². The Morgan fingerprint density at radius 3 is 2.80 bits per heavy atom. The van der Waals surface area contributed by atoms with Gasteiger partial charge in [-0.05, 0) is 25.8 Å². The number of aryl methyl sites for hydroxylation is 1. The average molecular weight is 243 g/mol. The molecule has 0 N–H and O–H groups in total. The second-order valence-electron chi connectivity index (χ2n) is 3.97. The van der Waals surface area contributed by atoms with Crippen molar-refractivity contribution in [3.8, 4) is 0 Å². The lowest BCUT2D eigenvalue weighted by atomic mass is 10.4. The molecule has 0 atom stereocenters. The molecule has 0 unspecified atom stereocenters. The normalized spacial score (nSPS) is 17.2. The number of hydrogen-bond acceptors (Lipinski definition) is 3. The Hall–Kier alpha value is -0.280. The molecular formula is C11H15ClN2S. The van der Waals surface area contributed by atoms with Gasteiger partial charge >= 0.3 is 0 Å².